The number of nitrogens with one attached hydrogen (secondary N) is 3. The van der Waals surface area contributed by atoms with Crippen molar-refractivity contribution in [2.45, 2.75) is 19.8 Å². The van der Waals surface area contributed by atoms with Gasteiger partial charge < -0.3 is 16.0 Å². The van der Waals surface area contributed by atoms with Gasteiger partial charge in [0.05, 0.1) is 9.88 Å². The van der Waals surface area contributed by atoms with E-state index in [1.165, 1.54) is 29.5 Å². The standard InChI is InChI=1S/C19H22FN3O2S/c1-12-9-16(23-18(24)14-3-2-4-15(20)10-14)26-17(12)19(25)22-8-6-13-5-7-21-11-13/h2-4,9-10,13,21H,5-8,11H2,1H3,(H,22,25)(H,23,24). The van der Waals surface area contributed by atoms with E-state index in [0.717, 1.165) is 31.5 Å². The van der Waals surface area contributed by atoms with Crippen LogP contribution < -0.4 is 16.0 Å². The molecule has 0 spiro atoms. The molecule has 0 saturated carbocycles. The number of amides is 2. The molecule has 2 amide bonds. The van der Waals surface area contributed by atoms with Crippen LogP contribution in [-0.2, 0) is 0 Å². The van der Waals surface area contributed by atoms with Crippen molar-refractivity contribution in [3.63, 3.8) is 0 Å². The molecule has 0 aliphatic carbocycles. The first-order valence-electron chi connectivity index (χ1n) is 8.69. The van der Waals surface area contributed by atoms with Crippen molar-refractivity contribution in [2.24, 2.45) is 5.92 Å². The molecule has 7 heteroatoms. The van der Waals surface area contributed by atoms with Gasteiger partial charge in [-0.05, 0) is 68.6 Å². The Morgan fingerprint density at radius 2 is 2.15 bits per heavy atom. The molecule has 1 fully saturated rings. The summed E-state index contributed by atoms with van der Waals surface area (Å²) in [6, 6.07) is 7.27. The van der Waals surface area contributed by atoms with E-state index >= 15 is 0 Å². The summed E-state index contributed by atoms with van der Waals surface area (Å²) < 4.78 is 13.2. The van der Waals surface area contributed by atoms with Crippen molar-refractivity contribution >= 4 is 28.2 Å². The van der Waals surface area contributed by atoms with Crippen LogP contribution in [0.3, 0.4) is 0 Å². The number of hydrogen-bond donors (Lipinski definition) is 3. The second kappa shape index (κ2) is 8.42. The van der Waals surface area contributed by atoms with Crippen LogP contribution in [-0.4, -0.2) is 31.4 Å². The summed E-state index contributed by atoms with van der Waals surface area (Å²) in [5, 5.41) is 9.57. The van der Waals surface area contributed by atoms with Crippen molar-refractivity contribution < 1.29 is 14.0 Å². The topological polar surface area (TPSA) is 70.2 Å². The fraction of sp³-hybridized carbons (Fsp3) is 0.368. The van der Waals surface area contributed by atoms with Crippen LogP contribution in [0.1, 0.15) is 38.4 Å². The van der Waals surface area contributed by atoms with Crippen LogP contribution >= 0.6 is 11.3 Å². The number of hydrogen-bond acceptors (Lipinski definition) is 4. The van der Waals surface area contributed by atoms with Crippen molar-refractivity contribution in [1.82, 2.24) is 10.6 Å². The summed E-state index contributed by atoms with van der Waals surface area (Å²) >= 11 is 1.23. The van der Waals surface area contributed by atoms with Crippen LogP contribution in [0, 0.1) is 18.7 Å². The van der Waals surface area contributed by atoms with Crippen molar-refractivity contribution in [3.05, 3.63) is 52.2 Å². The first-order chi connectivity index (χ1) is 12.5. The van der Waals surface area contributed by atoms with E-state index in [4.69, 9.17) is 0 Å². The molecule has 138 valence electrons. The summed E-state index contributed by atoms with van der Waals surface area (Å²) in [5.41, 5.74) is 1.05. The number of thiophene rings is 1. The Balaban J connectivity index is 1.57. The maximum Gasteiger partial charge on any atom is 0.261 e. The first-order valence-corrected chi connectivity index (χ1v) is 9.51. The van der Waals surface area contributed by atoms with Gasteiger partial charge in [-0.25, -0.2) is 4.39 Å². The molecule has 1 unspecified atom stereocenters. The third-order valence-electron chi connectivity index (χ3n) is 4.45. The molecule has 0 radical (unpaired) electrons. The molecular formula is C19H22FN3O2S. The Labute approximate surface area is 156 Å². The molecule has 0 bridgehead atoms. The SMILES string of the molecule is Cc1cc(NC(=O)c2cccc(F)c2)sc1C(=O)NCCC1CCNC1. The number of aryl methyl sites for hydroxylation is 1. The van der Waals surface area contributed by atoms with Crippen molar-refractivity contribution in [1.29, 1.82) is 0 Å². The molecule has 5 nitrogen and oxygen atoms in total. The molecule has 1 aromatic carbocycles. The number of carbonyl (C=O) groups excluding carboxylic acids is 2. The predicted molar refractivity (Wildman–Crippen MR) is 101 cm³/mol. The molecule has 2 aromatic rings. The zero-order valence-corrected chi connectivity index (χ0v) is 15.4. The minimum absolute atomic E-state index is 0.121. The molecule has 1 aromatic heterocycles. The van der Waals surface area contributed by atoms with E-state index < -0.39 is 11.7 Å². The Morgan fingerprint density at radius 3 is 2.88 bits per heavy atom. The van der Waals surface area contributed by atoms with Gasteiger partial charge in [0.15, 0.2) is 0 Å². The number of rotatable bonds is 6. The van der Waals surface area contributed by atoms with Crippen LogP contribution in [0.4, 0.5) is 9.39 Å². The summed E-state index contributed by atoms with van der Waals surface area (Å²) in [6.45, 7) is 4.55. The van der Waals surface area contributed by atoms with Crippen LogP contribution in [0.2, 0.25) is 0 Å². The minimum atomic E-state index is -0.461. The van der Waals surface area contributed by atoms with E-state index in [2.05, 4.69) is 16.0 Å². The van der Waals surface area contributed by atoms with E-state index in [9.17, 15) is 14.0 Å². The Bertz CT molecular complexity index is 800. The van der Waals surface area contributed by atoms with Crippen LogP contribution in [0.15, 0.2) is 30.3 Å². The molecule has 1 aliphatic heterocycles. The molecule has 3 N–H and O–H groups in total. The predicted octanol–water partition coefficient (Wildman–Crippen LogP) is 3.18. The fourth-order valence-corrected chi connectivity index (χ4v) is 4.00. The Kier molecular flexibility index (Phi) is 6.00. The third kappa shape index (κ3) is 4.68. The van der Waals surface area contributed by atoms with Crippen molar-refractivity contribution in [3.8, 4) is 0 Å². The van der Waals surface area contributed by atoms with E-state index in [0.29, 0.717) is 22.3 Å². The maximum absolute atomic E-state index is 13.2. The quantitative estimate of drug-likeness (QED) is 0.726. The van der Waals surface area contributed by atoms with E-state index in [1.807, 2.05) is 6.92 Å². The summed E-state index contributed by atoms with van der Waals surface area (Å²) in [5.74, 6) is -0.352. The monoisotopic (exact) mass is 375 g/mol. The van der Waals surface area contributed by atoms with Gasteiger partial charge in [0.25, 0.3) is 11.8 Å². The second-order valence-electron chi connectivity index (χ2n) is 6.49. The van der Waals surface area contributed by atoms with Crippen molar-refractivity contribution in [2.75, 3.05) is 25.0 Å². The zero-order chi connectivity index (χ0) is 18.5. The Morgan fingerprint density at radius 1 is 1.31 bits per heavy atom. The van der Waals surface area contributed by atoms with Crippen LogP contribution in [0.25, 0.3) is 0 Å². The lowest BCUT2D eigenvalue weighted by molar-refractivity contribution is 0.0954. The van der Waals surface area contributed by atoms with Gasteiger partial charge in [0, 0.05) is 12.1 Å². The highest BCUT2D eigenvalue weighted by molar-refractivity contribution is 7.18. The van der Waals surface area contributed by atoms with Gasteiger partial charge in [-0.2, -0.15) is 0 Å². The third-order valence-corrected chi connectivity index (χ3v) is 5.60. The summed E-state index contributed by atoms with van der Waals surface area (Å²) in [7, 11) is 0. The van der Waals surface area contributed by atoms with Gasteiger partial charge in [0.2, 0.25) is 0 Å². The Hall–Kier alpha value is -2.25. The number of anilines is 1. The van der Waals surface area contributed by atoms with Gasteiger partial charge in [-0.1, -0.05) is 6.07 Å². The number of carbonyl (C=O) groups is 2. The molecule has 2 heterocycles. The normalized spacial score (nSPS) is 16.5. The van der Waals surface area contributed by atoms with Gasteiger partial charge in [0.1, 0.15) is 5.82 Å². The molecule has 1 aliphatic rings. The van der Waals surface area contributed by atoms with Crippen LogP contribution in [0.5, 0.6) is 0 Å². The highest BCUT2D eigenvalue weighted by atomic mass is 32.1. The number of benzene rings is 1. The highest BCUT2D eigenvalue weighted by Crippen LogP contribution is 2.27. The molecule has 26 heavy (non-hydrogen) atoms. The maximum atomic E-state index is 13.2. The van der Waals surface area contributed by atoms with E-state index in [-0.39, 0.29) is 11.5 Å². The summed E-state index contributed by atoms with van der Waals surface area (Å²) in [6.07, 6.45) is 2.12. The molecule has 1 saturated heterocycles. The number of halogens is 1. The first kappa shape index (κ1) is 18.5. The minimum Gasteiger partial charge on any atom is -0.351 e. The fourth-order valence-electron chi connectivity index (χ4n) is 3.01. The average molecular weight is 375 g/mol. The second-order valence-corrected chi connectivity index (χ2v) is 7.54. The lowest BCUT2D eigenvalue weighted by atomic mass is 10.1. The van der Waals surface area contributed by atoms with Gasteiger partial charge in [-0.3, -0.25) is 9.59 Å². The highest BCUT2D eigenvalue weighted by Gasteiger charge is 2.17. The molecular weight excluding hydrogens is 353 g/mol. The van der Waals surface area contributed by atoms with Gasteiger partial charge in [-0.15, -0.1) is 11.3 Å². The zero-order valence-electron chi connectivity index (χ0n) is 14.6. The summed E-state index contributed by atoms with van der Waals surface area (Å²) in [4.78, 5) is 25.2. The molecule has 1 atom stereocenters. The average Bonchev–Trinajstić information content (AvgIpc) is 3.24. The largest absolute Gasteiger partial charge is 0.351 e. The molecule has 3 rings (SSSR count). The van der Waals surface area contributed by atoms with E-state index in [1.54, 1.807) is 12.1 Å². The van der Waals surface area contributed by atoms with Gasteiger partial charge >= 0.3 is 0 Å². The lowest BCUT2D eigenvalue weighted by Gasteiger charge is -2.09. The smallest absolute Gasteiger partial charge is 0.261 e. The lowest BCUT2D eigenvalue weighted by Crippen LogP contribution is -2.26.